The third-order valence-corrected chi connectivity index (χ3v) is 4.89. The Morgan fingerprint density at radius 1 is 1.07 bits per heavy atom. The molecule has 3 rings (SSSR count). The number of nitrogens with one attached hydrogen (secondary N) is 2. The van der Waals surface area contributed by atoms with Gasteiger partial charge in [-0.1, -0.05) is 43.0 Å². The van der Waals surface area contributed by atoms with E-state index in [-0.39, 0.29) is 29.8 Å². The molecular weight excluding hydrogens is 382 g/mol. The number of rotatable bonds is 8. The van der Waals surface area contributed by atoms with Crippen molar-refractivity contribution in [3.63, 3.8) is 0 Å². The zero-order chi connectivity index (χ0) is 21.5. The fourth-order valence-electron chi connectivity index (χ4n) is 3.52. The molecule has 0 saturated heterocycles. The van der Waals surface area contributed by atoms with Crippen LogP contribution >= 0.6 is 0 Å². The first-order chi connectivity index (χ1) is 14.5. The van der Waals surface area contributed by atoms with E-state index in [4.69, 9.17) is 0 Å². The smallest absolute Gasteiger partial charge is 0.241 e. The molecule has 2 atom stereocenters. The van der Waals surface area contributed by atoms with Crippen LogP contribution in [-0.4, -0.2) is 48.4 Å². The SMILES string of the molecule is C=C/C=C\C=N\CC(=O)NCCNC1=CC=C(O)C2C(=O)c3ccccc3C(=O)C12. The van der Waals surface area contributed by atoms with Gasteiger partial charge in [0.1, 0.15) is 12.3 Å². The lowest BCUT2D eigenvalue weighted by molar-refractivity contribution is -0.119. The van der Waals surface area contributed by atoms with Crippen LogP contribution in [0.5, 0.6) is 0 Å². The van der Waals surface area contributed by atoms with Crippen LogP contribution in [0.15, 0.2) is 77.7 Å². The molecule has 0 aliphatic heterocycles. The second-order valence-electron chi connectivity index (χ2n) is 6.83. The summed E-state index contributed by atoms with van der Waals surface area (Å²) in [6.45, 7) is 4.22. The first kappa shape index (κ1) is 21.0. The van der Waals surface area contributed by atoms with Gasteiger partial charge in [-0.05, 0) is 18.2 Å². The topological polar surface area (TPSA) is 108 Å². The Balaban J connectivity index is 1.60. The summed E-state index contributed by atoms with van der Waals surface area (Å²) in [5.41, 5.74) is 1.25. The average molecular weight is 405 g/mol. The largest absolute Gasteiger partial charge is 0.512 e. The fourth-order valence-corrected chi connectivity index (χ4v) is 3.52. The quantitative estimate of drug-likeness (QED) is 0.349. The highest BCUT2D eigenvalue weighted by Gasteiger charge is 2.46. The predicted octanol–water partition coefficient (Wildman–Crippen LogP) is 2.16. The molecule has 1 amide bonds. The molecule has 7 heteroatoms. The Morgan fingerprint density at radius 3 is 2.47 bits per heavy atom. The standard InChI is InChI=1S/C23H23N3O4/c1-2-3-6-11-24-14-19(28)26-13-12-25-17-9-10-18(27)21-20(17)22(29)15-7-4-5-8-16(15)23(21)30/h2-11,20-21,25,27H,1,12-14H2,(H,26,28)/b6-3-,24-11+. The molecule has 2 unspecified atom stereocenters. The highest BCUT2D eigenvalue weighted by atomic mass is 16.3. The summed E-state index contributed by atoms with van der Waals surface area (Å²) in [5, 5.41) is 16.1. The lowest BCUT2D eigenvalue weighted by Gasteiger charge is -2.34. The number of benzene rings is 1. The second-order valence-corrected chi connectivity index (χ2v) is 6.83. The van der Waals surface area contributed by atoms with Gasteiger partial charge in [0.25, 0.3) is 0 Å². The van der Waals surface area contributed by atoms with Crippen LogP contribution < -0.4 is 10.6 Å². The predicted molar refractivity (Wildman–Crippen MR) is 115 cm³/mol. The van der Waals surface area contributed by atoms with Crippen LogP contribution in [0.3, 0.4) is 0 Å². The summed E-state index contributed by atoms with van der Waals surface area (Å²) in [6.07, 6.45) is 9.56. The lowest BCUT2D eigenvalue weighted by atomic mass is 9.70. The molecule has 0 aromatic heterocycles. The lowest BCUT2D eigenvalue weighted by Crippen LogP contribution is -2.44. The molecule has 7 nitrogen and oxygen atoms in total. The van der Waals surface area contributed by atoms with Crippen molar-refractivity contribution in [2.75, 3.05) is 19.6 Å². The van der Waals surface area contributed by atoms with Crippen molar-refractivity contribution in [2.24, 2.45) is 16.8 Å². The van der Waals surface area contributed by atoms with E-state index in [2.05, 4.69) is 22.2 Å². The Labute approximate surface area is 174 Å². The molecule has 2 aliphatic carbocycles. The van der Waals surface area contributed by atoms with Crippen molar-refractivity contribution in [1.29, 1.82) is 0 Å². The van der Waals surface area contributed by atoms with Crippen LogP contribution in [-0.2, 0) is 4.79 Å². The molecular formula is C23H23N3O4. The molecule has 0 fully saturated rings. The Hall–Kier alpha value is -3.74. The van der Waals surface area contributed by atoms with E-state index in [0.29, 0.717) is 29.9 Å². The molecule has 1 aromatic carbocycles. The van der Waals surface area contributed by atoms with E-state index < -0.39 is 11.8 Å². The molecule has 0 spiro atoms. The summed E-state index contributed by atoms with van der Waals surface area (Å²) < 4.78 is 0. The number of Topliss-reactive ketones (excluding diaryl/α,β-unsaturated/α-hetero) is 2. The van der Waals surface area contributed by atoms with E-state index in [1.54, 1.807) is 48.6 Å². The first-order valence-electron chi connectivity index (χ1n) is 9.61. The number of ketones is 2. The van der Waals surface area contributed by atoms with Gasteiger partial charge >= 0.3 is 0 Å². The number of aliphatic hydroxyl groups is 1. The highest BCUT2D eigenvalue weighted by Crippen LogP contribution is 2.39. The van der Waals surface area contributed by atoms with Gasteiger partial charge in [0.05, 0.1) is 11.8 Å². The average Bonchev–Trinajstić information content (AvgIpc) is 2.75. The van der Waals surface area contributed by atoms with Crippen molar-refractivity contribution >= 4 is 23.7 Å². The highest BCUT2D eigenvalue weighted by molar-refractivity contribution is 6.17. The number of fused-ring (bicyclic) bond motifs is 2. The van der Waals surface area contributed by atoms with Gasteiger partial charge in [0.15, 0.2) is 11.6 Å². The van der Waals surface area contributed by atoms with Crippen LogP contribution in [0.25, 0.3) is 0 Å². The van der Waals surface area contributed by atoms with Crippen LogP contribution in [0.1, 0.15) is 20.7 Å². The third-order valence-electron chi connectivity index (χ3n) is 4.89. The van der Waals surface area contributed by atoms with E-state index in [1.807, 2.05) is 0 Å². The number of hydrogen-bond acceptors (Lipinski definition) is 6. The molecule has 0 radical (unpaired) electrons. The minimum Gasteiger partial charge on any atom is -0.512 e. The summed E-state index contributed by atoms with van der Waals surface area (Å²) in [5.74, 6) is -2.55. The number of amides is 1. The maximum absolute atomic E-state index is 13.0. The molecule has 0 bridgehead atoms. The van der Waals surface area contributed by atoms with Crippen LogP contribution in [0.4, 0.5) is 0 Å². The third kappa shape index (κ3) is 4.46. The monoisotopic (exact) mass is 405 g/mol. The summed E-state index contributed by atoms with van der Waals surface area (Å²) in [7, 11) is 0. The Kier molecular flexibility index (Phi) is 6.75. The van der Waals surface area contributed by atoms with Crippen molar-refractivity contribution in [1.82, 2.24) is 10.6 Å². The van der Waals surface area contributed by atoms with Gasteiger partial charge in [-0.3, -0.25) is 19.4 Å². The number of allylic oxidation sites excluding steroid dienone is 7. The van der Waals surface area contributed by atoms with Crippen molar-refractivity contribution in [2.45, 2.75) is 0 Å². The van der Waals surface area contributed by atoms with E-state index in [0.717, 1.165) is 0 Å². The number of aliphatic imine (C=N–C) groups is 1. The minimum atomic E-state index is -0.924. The second kappa shape index (κ2) is 9.65. The zero-order valence-electron chi connectivity index (χ0n) is 16.4. The maximum atomic E-state index is 13.0. The van der Waals surface area contributed by atoms with E-state index in [1.165, 1.54) is 12.3 Å². The number of carbonyl (C=O) groups excluding carboxylic acids is 3. The van der Waals surface area contributed by atoms with Crippen molar-refractivity contribution < 1.29 is 19.5 Å². The van der Waals surface area contributed by atoms with Crippen LogP contribution in [0.2, 0.25) is 0 Å². The first-order valence-corrected chi connectivity index (χ1v) is 9.61. The number of nitrogens with zero attached hydrogens (tertiary/aromatic N) is 1. The Bertz CT molecular complexity index is 988. The molecule has 0 heterocycles. The molecule has 1 aromatic rings. The van der Waals surface area contributed by atoms with Gasteiger partial charge < -0.3 is 15.7 Å². The number of carbonyl (C=O) groups is 3. The summed E-state index contributed by atoms with van der Waals surface area (Å²) in [6, 6.07) is 6.65. The van der Waals surface area contributed by atoms with Gasteiger partial charge in [-0.25, -0.2) is 0 Å². The van der Waals surface area contributed by atoms with Crippen LogP contribution in [0, 0.1) is 11.8 Å². The molecule has 3 N–H and O–H groups in total. The maximum Gasteiger partial charge on any atom is 0.241 e. The van der Waals surface area contributed by atoms with Gasteiger partial charge in [-0.15, -0.1) is 0 Å². The van der Waals surface area contributed by atoms with Gasteiger partial charge in [0.2, 0.25) is 5.91 Å². The van der Waals surface area contributed by atoms with Crippen molar-refractivity contribution in [3.8, 4) is 0 Å². The molecule has 0 saturated carbocycles. The normalized spacial score (nSPS) is 20.4. The molecule has 154 valence electrons. The number of aliphatic hydroxyl groups excluding tert-OH is 1. The van der Waals surface area contributed by atoms with Gasteiger partial charge in [-0.2, -0.15) is 0 Å². The minimum absolute atomic E-state index is 0.00919. The molecule has 30 heavy (non-hydrogen) atoms. The fraction of sp³-hybridized carbons (Fsp3) is 0.217. The zero-order valence-corrected chi connectivity index (χ0v) is 16.4. The summed E-state index contributed by atoms with van der Waals surface area (Å²) >= 11 is 0. The Morgan fingerprint density at radius 2 is 1.77 bits per heavy atom. The van der Waals surface area contributed by atoms with Gasteiger partial charge in [0, 0.05) is 36.1 Å². The molecule has 2 aliphatic rings. The summed E-state index contributed by atoms with van der Waals surface area (Å²) in [4.78, 5) is 41.6. The van der Waals surface area contributed by atoms with E-state index >= 15 is 0 Å². The van der Waals surface area contributed by atoms with Crippen molar-refractivity contribution in [3.05, 3.63) is 83.8 Å². The van der Waals surface area contributed by atoms with E-state index in [9.17, 15) is 19.5 Å². The number of hydrogen-bond donors (Lipinski definition) is 3.